The fraction of sp³-hybridized carbons (Fsp3) is 0.400. The molecule has 0 radical (unpaired) electrons. The van der Waals surface area contributed by atoms with Crippen molar-refractivity contribution in [1.82, 2.24) is 10.2 Å². The van der Waals surface area contributed by atoms with E-state index < -0.39 is 4.92 Å². The van der Waals surface area contributed by atoms with Gasteiger partial charge in [-0.1, -0.05) is 5.10 Å². The SMILES string of the molecule is C[C@H](N)c1cn[nH]c1[N+](=O)[O-]. The van der Waals surface area contributed by atoms with Crippen molar-refractivity contribution in [2.45, 2.75) is 13.0 Å². The fourth-order valence-electron chi connectivity index (χ4n) is 0.768. The second kappa shape index (κ2) is 2.67. The lowest BCUT2D eigenvalue weighted by molar-refractivity contribution is -0.390. The highest BCUT2D eigenvalue weighted by Gasteiger charge is 2.17. The van der Waals surface area contributed by atoms with Crippen LogP contribution < -0.4 is 5.73 Å². The van der Waals surface area contributed by atoms with Crippen LogP contribution in [0.1, 0.15) is 18.5 Å². The Balaban J connectivity index is 3.06. The van der Waals surface area contributed by atoms with E-state index in [1.165, 1.54) is 6.20 Å². The predicted octanol–water partition coefficient (Wildman–Crippen LogP) is 0.338. The van der Waals surface area contributed by atoms with E-state index in [9.17, 15) is 10.1 Å². The number of nitrogens with two attached hydrogens (primary N) is 1. The van der Waals surface area contributed by atoms with Gasteiger partial charge in [-0.15, -0.1) is 5.10 Å². The van der Waals surface area contributed by atoms with Gasteiger partial charge in [-0.25, -0.2) is 0 Å². The van der Waals surface area contributed by atoms with E-state index in [1.807, 2.05) is 0 Å². The minimum atomic E-state index is -0.536. The number of H-pyrrole nitrogens is 1. The van der Waals surface area contributed by atoms with Crippen molar-refractivity contribution < 1.29 is 4.92 Å². The molecule has 1 aromatic heterocycles. The quantitative estimate of drug-likeness (QED) is 0.476. The summed E-state index contributed by atoms with van der Waals surface area (Å²) in [4.78, 5) is 9.73. The van der Waals surface area contributed by atoms with E-state index in [-0.39, 0.29) is 11.9 Å². The Kier molecular flexibility index (Phi) is 1.86. The fourth-order valence-corrected chi connectivity index (χ4v) is 0.768. The molecule has 0 spiro atoms. The molecule has 11 heavy (non-hydrogen) atoms. The molecule has 1 aromatic rings. The zero-order valence-electron chi connectivity index (χ0n) is 5.94. The average Bonchev–Trinajstić information content (AvgIpc) is 2.32. The van der Waals surface area contributed by atoms with E-state index in [2.05, 4.69) is 10.2 Å². The third kappa shape index (κ3) is 1.35. The lowest BCUT2D eigenvalue weighted by atomic mass is 10.2. The van der Waals surface area contributed by atoms with Crippen molar-refractivity contribution in [3.8, 4) is 0 Å². The molecule has 0 amide bonds. The summed E-state index contributed by atoms with van der Waals surface area (Å²) in [6.45, 7) is 1.66. The summed E-state index contributed by atoms with van der Waals surface area (Å²) in [5, 5.41) is 16.0. The van der Waals surface area contributed by atoms with E-state index in [4.69, 9.17) is 5.73 Å². The predicted molar refractivity (Wildman–Crippen MR) is 37.8 cm³/mol. The molecule has 0 saturated carbocycles. The zero-order valence-corrected chi connectivity index (χ0v) is 5.94. The number of hydrogen-bond donors (Lipinski definition) is 2. The number of nitro groups is 1. The maximum atomic E-state index is 10.3. The maximum absolute atomic E-state index is 10.3. The molecule has 0 aromatic carbocycles. The summed E-state index contributed by atoms with van der Waals surface area (Å²) in [5.41, 5.74) is 5.86. The van der Waals surface area contributed by atoms with Gasteiger partial charge in [0.1, 0.15) is 0 Å². The first-order valence-electron chi connectivity index (χ1n) is 3.06. The molecule has 0 fully saturated rings. The lowest BCUT2D eigenvalue weighted by Gasteiger charge is -1.99. The third-order valence-corrected chi connectivity index (χ3v) is 1.32. The van der Waals surface area contributed by atoms with Gasteiger partial charge < -0.3 is 15.8 Å². The molecule has 1 heterocycles. The van der Waals surface area contributed by atoms with E-state index in [0.29, 0.717) is 5.56 Å². The highest BCUT2D eigenvalue weighted by atomic mass is 16.6. The Labute approximate surface area is 62.6 Å². The molecule has 0 saturated heterocycles. The molecule has 3 N–H and O–H groups in total. The molecule has 6 nitrogen and oxygen atoms in total. The highest BCUT2D eigenvalue weighted by Crippen LogP contribution is 2.18. The highest BCUT2D eigenvalue weighted by molar-refractivity contribution is 5.31. The van der Waals surface area contributed by atoms with Gasteiger partial charge in [-0.2, -0.15) is 0 Å². The van der Waals surface area contributed by atoms with Crippen molar-refractivity contribution in [3.63, 3.8) is 0 Å². The van der Waals surface area contributed by atoms with Crippen molar-refractivity contribution in [1.29, 1.82) is 0 Å². The number of rotatable bonds is 2. The summed E-state index contributed by atoms with van der Waals surface area (Å²) in [5.74, 6) is -0.125. The minimum absolute atomic E-state index is 0.125. The first-order valence-corrected chi connectivity index (χ1v) is 3.06. The topological polar surface area (TPSA) is 97.8 Å². The van der Waals surface area contributed by atoms with E-state index in [0.717, 1.165) is 0 Å². The molecule has 60 valence electrons. The van der Waals surface area contributed by atoms with Crippen LogP contribution in [0.15, 0.2) is 6.20 Å². The number of aromatic amines is 1. The summed E-state index contributed by atoms with van der Waals surface area (Å²) in [7, 11) is 0. The lowest BCUT2D eigenvalue weighted by Crippen LogP contribution is -2.06. The molecule has 0 aliphatic heterocycles. The van der Waals surface area contributed by atoms with Gasteiger partial charge in [-0.05, 0) is 11.8 Å². The Hall–Kier alpha value is -1.43. The van der Waals surface area contributed by atoms with Crippen molar-refractivity contribution >= 4 is 5.82 Å². The summed E-state index contributed by atoms with van der Waals surface area (Å²) < 4.78 is 0. The third-order valence-electron chi connectivity index (χ3n) is 1.32. The summed E-state index contributed by atoms with van der Waals surface area (Å²) in [6.07, 6.45) is 1.36. The van der Waals surface area contributed by atoms with Gasteiger partial charge >= 0.3 is 5.82 Å². The van der Waals surface area contributed by atoms with Crippen LogP contribution in [-0.2, 0) is 0 Å². The smallest absolute Gasteiger partial charge is 0.347 e. The van der Waals surface area contributed by atoms with Crippen molar-refractivity contribution in [2.75, 3.05) is 0 Å². The minimum Gasteiger partial charge on any atom is -0.358 e. The van der Waals surface area contributed by atoms with Crippen molar-refractivity contribution in [3.05, 3.63) is 21.9 Å². The van der Waals surface area contributed by atoms with Gasteiger partial charge in [0.25, 0.3) is 0 Å². The molecule has 0 bridgehead atoms. The zero-order chi connectivity index (χ0) is 8.43. The standard InChI is InChI=1S/C5H8N4O2/c1-3(6)4-2-7-8-5(4)9(10)11/h2-3H,6H2,1H3,(H,7,8)/t3-/m0/s1. The summed E-state index contributed by atoms with van der Waals surface area (Å²) >= 11 is 0. The number of nitrogens with one attached hydrogen (secondary N) is 1. The van der Waals surface area contributed by atoms with Gasteiger partial charge in [0.05, 0.1) is 11.8 Å². The molecular formula is C5H8N4O2. The van der Waals surface area contributed by atoms with Crippen LogP contribution in [0.4, 0.5) is 5.82 Å². The average molecular weight is 156 g/mol. The van der Waals surface area contributed by atoms with Crippen LogP contribution in [0.3, 0.4) is 0 Å². The summed E-state index contributed by atoms with van der Waals surface area (Å²) in [6, 6.07) is -0.367. The largest absolute Gasteiger partial charge is 0.358 e. The first-order chi connectivity index (χ1) is 5.13. The van der Waals surface area contributed by atoms with Crippen LogP contribution >= 0.6 is 0 Å². The Bertz CT molecular complexity index is 267. The van der Waals surface area contributed by atoms with Crippen LogP contribution in [0.2, 0.25) is 0 Å². The van der Waals surface area contributed by atoms with Gasteiger partial charge in [0, 0.05) is 6.04 Å². The van der Waals surface area contributed by atoms with Crippen molar-refractivity contribution in [2.24, 2.45) is 5.73 Å². The van der Waals surface area contributed by atoms with Crippen LogP contribution in [0.5, 0.6) is 0 Å². The van der Waals surface area contributed by atoms with E-state index in [1.54, 1.807) is 6.92 Å². The second-order valence-electron chi connectivity index (χ2n) is 2.22. The molecule has 1 atom stereocenters. The Morgan fingerprint density at radius 1 is 1.91 bits per heavy atom. The molecule has 1 rings (SSSR count). The van der Waals surface area contributed by atoms with Crippen LogP contribution in [-0.4, -0.2) is 15.1 Å². The van der Waals surface area contributed by atoms with Gasteiger partial charge in [0.2, 0.25) is 0 Å². The molecule has 0 aliphatic rings. The Morgan fingerprint density at radius 2 is 2.55 bits per heavy atom. The first kappa shape index (κ1) is 7.67. The maximum Gasteiger partial charge on any atom is 0.347 e. The Morgan fingerprint density at radius 3 is 2.91 bits per heavy atom. The van der Waals surface area contributed by atoms with Crippen LogP contribution in [0, 0.1) is 10.1 Å². The molecule has 0 aliphatic carbocycles. The number of hydrogen-bond acceptors (Lipinski definition) is 4. The van der Waals surface area contributed by atoms with Crippen LogP contribution in [0.25, 0.3) is 0 Å². The second-order valence-corrected chi connectivity index (χ2v) is 2.22. The molecule has 6 heteroatoms. The monoisotopic (exact) mass is 156 g/mol. The number of aromatic nitrogens is 2. The van der Waals surface area contributed by atoms with E-state index >= 15 is 0 Å². The van der Waals surface area contributed by atoms with Gasteiger partial charge in [0.15, 0.2) is 0 Å². The number of nitrogens with zero attached hydrogens (tertiary/aromatic N) is 2. The van der Waals surface area contributed by atoms with Gasteiger partial charge in [-0.3, -0.25) is 0 Å². The normalized spacial score (nSPS) is 12.9. The molecular weight excluding hydrogens is 148 g/mol. The molecule has 0 unspecified atom stereocenters.